The number of halogens is 1. The van der Waals surface area contributed by atoms with Gasteiger partial charge in [-0.15, -0.1) is 12.4 Å². The molecule has 0 saturated heterocycles. The minimum absolute atomic E-state index is 0. The summed E-state index contributed by atoms with van der Waals surface area (Å²) in [6.07, 6.45) is 0. The van der Waals surface area contributed by atoms with Crippen LogP contribution in [0.3, 0.4) is 0 Å². The predicted octanol–water partition coefficient (Wildman–Crippen LogP) is 1.42. The van der Waals surface area contributed by atoms with E-state index in [1.54, 1.807) is 27.7 Å². The number of hydrogen-bond donors (Lipinski definition) is 2. The highest BCUT2D eigenvalue weighted by Crippen LogP contribution is 2.25. The van der Waals surface area contributed by atoms with Crippen LogP contribution in [0, 0.1) is 0 Å². The molecule has 0 aliphatic rings. The first-order chi connectivity index (χ1) is 9.04. The second-order valence-corrected chi connectivity index (χ2v) is 6.48. The van der Waals surface area contributed by atoms with E-state index in [0.29, 0.717) is 0 Å². The third kappa shape index (κ3) is 5.60. The molecule has 0 heterocycles. The lowest BCUT2D eigenvalue weighted by atomic mass is 9.74. The molecule has 0 unspecified atom stereocenters. The molecule has 0 aliphatic heterocycles. The molecule has 0 spiro atoms. The predicted molar refractivity (Wildman–Crippen MR) is 90.1 cm³/mol. The molecular weight excluding hydrogens is 288 g/mol. The third-order valence-electron chi connectivity index (χ3n) is 3.69. The van der Waals surface area contributed by atoms with Gasteiger partial charge in [0.25, 0.3) is 0 Å². The van der Waals surface area contributed by atoms with Crippen LogP contribution in [0.15, 0.2) is 24.3 Å². The third-order valence-corrected chi connectivity index (χ3v) is 3.69. The van der Waals surface area contributed by atoms with Crippen molar-refractivity contribution in [2.45, 2.75) is 45.4 Å². The first kappa shape index (κ1) is 20.4. The van der Waals surface area contributed by atoms with Gasteiger partial charge in [-0.1, -0.05) is 24.3 Å². The van der Waals surface area contributed by atoms with Crippen molar-refractivity contribution in [3.8, 4) is 0 Å². The summed E-state index contributed by atoms with van der Waals surface area (Å²) in [4.78, 5) is 2.03. The monoisotopic (exact) mass is 315 g/mol. The smallest absolute Gasteiger partial charge is 0.423 e. The van der Waals surface area contributed by atoms with Crippen molar-refractivity contribution in [2.75, 3.05) is 14.1 Å². The Morgan fingerprint density at radius 1 is 1.14 bits per heavy atom. The molecule has 0 radical (unpaired) electrons. The second-order valence-electron chi connectivity index (χ2n) is 6.48. The zero-order chi connectivity index (χ0) is 15.6. The van der Waals surface area contributed by atoms with Crippen LogP contribution in [-0.4, -0.2) is 47.4 Å². The average molecular weight is 316 g/mol. The van der Waals surface area contributed by atoms with Crippen LogP contribution in [0.1, 0.15) is 33.3 Å². The number of benzene rings is 1. The molecule has 0 aromatic heterocycles. The van der Waals surface area contributed by atoms with Gasteiger partial charge in [0.05, 0.1) is 11.2 Å². The number of nitrogens with zero attached hydrogens (tertiary/aromatic N) is 1. The Labute approximate surface area is 134 Å². The Morgan fingerprint density at radius 3 is 2.14 bits per heavy atom. The zero-order valence-electron chi connectivity index (χ0n) is 13.8. The highest BCUT2D eigenvalue weighted by molar-refractivity contribution is 6.60. The van der Waals surface area contributed by atoms with Crippen molar-refractivity contribution in [2.24, 2.45) is 0 Å². The SMILES string of the molecule is CN(C)Cc1ccccc1B(O)OC(C)(C)C(C)(C)O.Cl. The van der Waals surface area contributed by atoms with E-state index < -0.39 is 18.3 Å². The first-order valence-electron chi connectivity index (χ1n) is 6.85. The van der Waals surface area contributed by atoms with Crippen molar-refractivity contribution in [3.05, 3.63) is 29.8 Å². The van der Waals surface area contributed by atoms with Crippen LogP contribution in [0.25, 0.3) is 0 Å². The summed E-state index contributed by atoms with van der Waals surface area (Å²) in [5.74, 6) is 0. The normalized spacial score (nSPS) is 12.2. The molecule has 120 valence electrons. The molecule has 2 N–H and O–H groups in total. The van der Waals surface area contributed by atoms with Crippen molar-refractivity contribution < 1.29 is 14.8 Å². The minimum Gasteiger partial charge on any atom is -0.423 e. The lowest BCUT2D eigenvalue weighted by Gasteiger charge is -2.38. The van der Waals surface area contributed by atoms with Gasteiger partial charge in [0, 0.05) is 6.54 Å². The second kappa shape index (κ2) is 7.61. The van der Waals surface area contributed by atoms with E-state index >= 15 is 0 Å². The van der Waals surface area contributed by atoms with Crippen LogP contribution in [-0.2, 0) is 11.2 Å². The summed E-state index contributed by atoms with van der Waals surface area (Å²) in [6, 6.07) is 7.64. The maximum Gasteiger partial charge on any atom is 0.491 e. The summed E-state index contributed by atoms with van der Waals surface area (Å²) in [7, 11) is 2.89. The molecule has 6 heteroatoms. The Hall–Kier alpha value is -0.585. The van der Waals surface area contributed by atoms with E-state index in [9.17, 15) is 10.1 Å². The molecule has 0 amide bonds. The van der Waals surface area contributed by atoms with E-state index in [1.807, 2.05) is 43.3 Å². The van der Waals surface area contributed by atoms with E-state index in [1.165, 1.54) is 0 Å². The molecule has 0 aliphatic carbocycles. The fourth-order valence-corrected chi connectivity index (χ4v) is 1.75. The Balaban J connectivity index is 0.00000400. The van der Waals surface area contributed by atoms with Gasteiger partial charge in [0.1, 0.15) is 0 Å². The molecule has 1 aromatic carbocycles. The van der Waals surface area contributed by atoms with E-state index in [2.05, 4.69) is 0 Å². The molecule has 0 saturated carbocycles. The minimum atomic E-state index is -1.06. The highest BCUT2D eigenvalue weighted by atomic mass is 35.5. The van der Waals surface area contributed by atoms with E-state index in [-0.39, 0.29) is 12.4 Å². The van der Waals surface area contributed by atoms with Crippen LogP contribution in [0.2, 0.25) is 0 Å². The Bertz CT molecular complexity index is 447. The maximum atomic E-state index is 10.4. The molecule has 21 heavy (non-hydrogen) atoms. The molecule has 1 rings (SSSR count). The first-order valence-corrected chi connectivity index (χ1v) is 6.85. The molecule has 0 fully saturated rings. The van der Waals surface area contributed by atoms with Gasteiger partial charge in [-0.25, -0.2) is 0 Å². The summed E-state index contributed by atoms with van der Waals surface area (Å²) < 4.78 is 5.70. The van der Waals surface area contributed by atoms with Gasteiger partial charge >= 0.3 is 7.12 Å². The van der Waals surface area contributed by atoms with Gasteiger partial charge < -0.3 is 19.7 Å². The molecule has 1 aromatic rings. The summed E-state index contributed by atoms with van der Waals surface area (Å²) in [5, 5.41) is 20.5. The molecule has 0 atom stereocenters. The van der Waals surface area contributed by atoms with E-state index in [0.717, 1.165) is 17.6 Å². The highest BCUT2D eigenvalue weighted by Gasteiger charge is 2.39. The molecular formula is C15H27BClNO3. The zero-order valence-corrected chi connectivity index (χ0v) is 14.6. The lowest BCUT2D eigenvalue weighted by Crippen LogP contribution is -2.53. The van der Waals surface area contributed by atoms with Gasteiger partial charge in [-0.3, -0.25) is 0 Å². The molecule has 4 nitrogen and oxygen atoms in total. The topological polar surface area (TPSA) is 52.9 Å². The summed E-state index contributed by atoms with van der Waals surface area (Å²) in [5.41, 5.74) is -0.169. The van der Waals surface area contributed by atoms with Gasteiger partial charge in [0.15, 0.2) is 0 Å². The summed E-state index contributed by atoms with van der Waals surface area (Å²) >= 11 is 0. The Morgan fingerprint density at radius 2 is 1.67 bits per heavy atom. The maximum absolute atomic E-state index is 10.4. The number of hydrogen-bond acceptors (Lipinski definition) is 4. The van der Waals surface area contributed by atoms with Crippen LogP contribution < -0.4 is 5.46 Å². The molecule has 0 bridgehead atoms. The van der Waals surface area contributed by atoms with Crippen LogP contribution >= 0.6 is 12.4 Å². The van der Waals surface area contributed by atoms with Crippen molar-refractivity contribution in [1.29, 1.82) is 0 Å². The van der Waals surface area contributed by atoms with Gasteiger partial charge in [0.2, 0.25) is 0 Å². The average Bonchev–Trinajstić information content (AvgIpc) is 2.26. The lowest BCUT2D eigenvalue weighted by molar-refractivity contribution is -0.0982. The van der Waals surface area contributed by atoms with Crippen molar-refractivity contribution in [3.63, 3.8) is 0 Å². The van der Waals surface area contributed by atoms with Gasteiger partial charge in [-0.05, 0) is 52.8 Å². The largest absolute Gasteiger partial charge is 0.491 e. The van der Waals surface area contributed by atoms with E-state index in [4.69, 9.17) is 4.65 Å². The quantitative estimate of drug-likeness (QED) is 0.780. The number of aliphatic hydroxyl groups is 1. The summed E-state index contributed by atoms with van der Waals surface area (Å²) in [6.45, 7) is 7.60. The van der Waals surface area contributed by atoms with Crippen molar-refractivity contribution in [1.82, 2.24) is 4.90 Å². The number of rotatable bonds is 6. The standard InChI is InChI=1S/C15H26BNO3.ClH/c1-14(2,18)15(3,4)20-16(19)13-10-8-7-9-12(13)11-17(5)6;/h7-10,18-19H,11H2,1-6H3;1H. The van der Waals surface area contributed by atoms with Crippen molar-refractivity contribution >= 4 is 25.0 Å². The Kier molecular flexibility index (Phi) is 7.40. The fraction of sp³-hybridized carbons (Fsp3) is 0.600. The van der Waals surface area contributed by atoms with Crippen LogP contribution in [0.5, 0.6) is 0 Å². The van der Waals surface area contributed by atoms with Crippen LogP contribution in [0.4, 0.5) is 0 Å². The van der Waals surface area contributed by atoms with Gasteiger partial charge in [-0.2, -0.15) is 0 Å². The fourth-order valence-electron chi connectivity index (χ4n) is 1.75.